The second-order valence-corrected chi connectivity index (χ2v) is 7.41. The lowest BCUT2D eigenvalue weighted by Gasteiger charge is -2.33. The topological polar surface area (TPSA) is 55.2 Å². The summed E-state index contributed by atoms with van der Waals surface area (Å²) in [4.78, 5) is 31.5. The third kappa shape index (κ3) is 3.19. The molecule has 3 aromatic rings. The predicted molar refractivity (Wildman–Crippen MR) is 106 cm³/mol. The summed E-state index contributed by atoms with van der Waals surface area (Å²) in [5.74, 6) is -0.548. The molecule has 28 heavy (non-hydrogen) atoms. The van der Waals surface area contributed by atoms with Gasteiger partial charge in [0.05, 0.1) is 23.3 Å². The van der Waals surface area contributed by atoms with Crippen LogP contribution in [0.2, 0.25) is 0 Å². The van der Waals surface area contributed by atoms with E-state index in [9.17, 15) is 14.0 Å². The first-order valence-electron chi connectivity index (χ1n) is 9.44. The molecule has 1 aromatic heterocycles. The second kappa shape index (κ2) is 7.19. The molecule has 0 aliphatic heterocycles. The third-order valence-electron chi connectivity index (χ3n) is 5.61. The van der Waals surface area contributed by atoms with E-state index in [1.54, 1.807) is 18.9 Å². The molecule has 4 rings (SSSR count). The van der Waals surface area contributed by atoms with E-state index < -0.39 is 5.82 Å². The van der Waals surface area contributed by atoms with Crippen molar-refractivity contribution in [2.45, 2.75) is 38.8 Å². The summed E-state index contributed by atoms with van der Waals surface area (Å²) in [6.07, 6.45) is 4.28. The standard InChI is InChI=1S/C22H22FN3O2/c1-14-10-17-19(11-18(14)23)24-13-26(22(17)28)12-21(27)25(2)20-9-5-7-15-6-3-4-8-16(15)20/h3-4,6,8,10-11,13,20H,5,7,9,12H2,1-2H3. The van der Waals surface area contributed by atoms with Gasteiger partial charge in [0, 0.05) is 13.1 Å². The molecule has 0 spiro atoms. The van der Waals surface area contributed by atoms with Crippen molar-refractivity contribution in [2.24, 2.45) is 0 Å². The summed E-state index contributed by atoms with van der Waals surface area (Å²) in [6.45, 7) is 1.51. The summed E-state index contributed by atoms with van der Waals surface area (Å²) < 4.78 is 15.0. The number of aryl methyl sites for hydroxylation is 2. The average molecular weight is 379 g/mol. The van der Waals surface area contributed by atoms with E-state index in [-0.39, 0.29) is 24.1 Å². The van der Waals surface area contributed by atoms with Crippen molar-refractivity contribution in [1.82, 2.24) is 14.5 Å². The van der Waals surface area contributed by atoms with Crippen molar-refractivity contribution in [2.75, 3.05) is 7.05 Å². The minimum Gasteiger partial charge on any atom is -0.337 e. The Morgan fingerprint density at radius 2 is 2.11 bits per heavy atom. The highest BCUT2D eigenvalue weighted by atomic mass is 19.1. The van der Waals surface area contributed by atoms with Gasteiger partial charge in [-0.25, -0.2) is 9.37 Å². The van der Waals surface area contributed by atoms with Crippen LogP contribution in [0.25, 0.3) is 10.9 Å². The number of carbonyl (C=O) groups excluding carboxylic acids is 1. The Bertz CT molecular complexity index is 1120. The SMILES string of the molecule is Cc1cc2c(=O)n(CC(=O)N(C)C3CCCc4ccccc43)cnc2cc1F. The Morgan fingerprint density at radius 3 is 2.93 bits per heavy atom. The van der Waals surface area contributed by atoms with Crippen LogP contribution in [-0.4, -0.2) is 27.4 Å². The molecule has 0 N–H and O–H groups in total. The van der Waals surface area contributed by atoms with E-state index in [2.05, 4.69) is 17.1 Å². The molecule has 1 heterocycles. The molecule has 2 aromatic carbocycles. The molecular weight excluding hydrogens is 357 g/mol. The molecular formula is C22H22FN3O2. The number of hydrogen-bond acceptors (Lipinski definition) is 3. The summed E-state index contributed by atoms with van der Waals surface area (Å²) >= 11 is 0. The van der Waals surface area contributed by atoms with Gasteiger partial charge >= 0.3 is 0 Å². The maximum Gasteiger partial charge on any atom is 0.261 e. The van der Waals surface area contributed by atoms with Crippen LogP contribution in [0.5, 0.6) is 0 Å². The van der Waals surface area contributed by atoms with Gasteiger partial charge in [-0.05, 0) is 48.9 Å². The first-order valence-corrected chi connectivity index (χ1v) is 9.44. The molecule has 1 unspecified atom stereocenters. The van der Waals surface area contributed by atoms with E-state index in [0.29, 0.717) is 16.5 Å². The lowest BCUT2D eigenvalue weighted by atomic mass is 9.87. The molecule has 1 aliphatic rings. The number of rotatable bonds is 3. The van der Waals surface area contributed by atoms with E-state index >= 15 is 0 Å². The van der Waals surface area contributed by atoms with Gasteiger partial charge in [0.1, 0.15) is 12.4 Å². The Labute approximate surface area is 162 Å². The van der Waals surface area contributed by atoms with E-state index in [4.69, 9.17) is 0 Å². The first kappa shape index (κ1) is 18.3. The van der Waals surface area contributed by atoms with Gasteiger partial charge in [0.25, 0.3) is 5.56 Å². The van der Waals surface area contributed by atoms with Gasteiger partial charge in [0.2, 0.25) is 5.91 Å². The molecule has 5 nitrogen and oxygen atoms in total. The number of benzene rings is 2. The van der Waals surface area contributed by atoms with Crippen LogP contribution in [0, 0.1) is 12.7 Å². The van der Waals surface area contributed by atoms with Crippen molar-refractivity contribution in [3.05, 3.63) is 75.6 Å². The number of hydrogen-bond donors (Lipinski definition) is 0. The normalized spacial score (nSPS) is 16.0. The maximum absolute atomic E-state index is 13.7. The van der Waals surface area contributed by atoms with Crippen LogP contribution in [0.15, 0.2) is 47.5 Å². The van der Waals surface area contributed by atoms with Crippen LogP contribution >= 0.6 is 0 Å². The van der Waals surface area contributed by atoms with Crippen LogP contribution in [0.4, 0.5) is 4.39 Å². The van der Waals surface area contributed by atoms with Gasteiger partial charge in [-0.1, -0.05) is 24.3 Å². The molecule has 6 heteroatoms. The number of likely N-dealkylation sites (N-methyl/N-ethyl adjacent to an activating group) is 1. The minimum absolute atomic E-state index is 0.0120. The molecule has 0 saturated carbocycles. The molecule has 0 bridgehead atoms. The van der Waals surface area contributed by atoms with E-state index in [1.165, 1.54) is 34.2 Å². The van der Waals surface area contributed by atoms with Crippen LogP contribution in [0.1, 0.15) is 35.6 Å². The van der Waals surface area contributed by atoms with Crippen molar-refractivity contribution < 1.29 is 9.18 Å². The monoisotopic (exact) mass is 379 g/mol. The highest BCUT2D eigenvalue weighted by molar-refractivity contribution is 5.80. The minimum atomic E-state index is -0.399. The summed E-state index contributed by atoms with van der Waals surface area (Å²) in [5, 5.41) is 0.319. The van der Waals surface area contributed by atoms with E-state index in [1.807, 2.05) is 12.1 Å². The quantitative estimate of drug-likeness (QED) is 0.701. The molecule has 1 amide bonds. The lowest BCUT2D eigenvalue weighted by Crippen LogP contribution is -2.37. The van der Waals surface area contributed by atoms with Crippen LogP contribution in [0.3, 0.4) is 0 Å². The number of fused-ring (bicyclic) bond motifs is 2. The smallest absolute Gasteiger partial charge is 0.261 e. The molecule has 1 atom stereocenters. The zero-order chi connectivity index (χ0) is 19.8. The zero-order valence-electron chi connectivity index (χ0n) is 16.0. The van der Waals surface area contributed by atoms with Crippen LogP contribution < -0.4 is 5.56 Å². The lowest BCUT2D eigenvalue weighted by molar-refractivity contribution is -0.133. The van der Waals surface area contributed by atoms with Gasteiger partial charge < -0.3 is 4.90 Å². The number of halogens is 1. The van der Waals surface area contributed by atoms with Gasteiger partial charge in [0.15, 0.2) is 0 Å². The highest BCUT2D eigenvalue weighted by Crippen LogP contribution is 2.33. The average Bonchev–Trinajstić information content (AvgIpc) is 2.70. The number of amides is 1. The Hall–Kier alpha value is -3.02. The second-order valence-electron chi connectivity index (χ2n) is 7.41. The Morgan fingerprint density at radius 1 is 1.32 bits per heavy atom. The molecule has 1 aliphatic carbocycles. The Balaban J connectivity index is 1.61. The van der Waals surface area contributed by atoms with E-state index in [0.717, 1.165) is 19.3 Å². The molecule has 0 radical (unpaired) electrons. The van der Waals surface area contributed by atoms with Gasteiger partial charge in [-0.2, -0.15) is 0 Å². The van der Waals surface area contributed by atoms with Crippen molar-refractivity contribution >= 4 is 16.8 Å². The highest BCUT2D eigenvalue weighted by Gasteiger charge is 2.26. The molecule has 0 fully saturated rings. The van der Waals surface area contributed by atoms with Gasteiger partial charge in [-0.3, -0.25) is 14.2 Å². The summed E-state index contributed by atoms with van der Waals surface area (Å²) in [5.41, 5.74) is 2.80. The summed E-state index contributed by atoms with van der Waals surface area (Å²) in [7, 11) is 1.79. The number of carbonyl (C=O) groups is 1. The number of aromatic nitrogens is 2. The van der Waals surface area contributed by atoms with Crippen molar-refractivity contribution in [3.8, 4) is 0 Å². The Kier molecular flexibility index (Phi) is 4.71. The van der Waals surface area contributed by atoms with Crippen molar-refractivity contribution in [3.63, 3.8) is 0 Å². The third-order valence-corrected chi connectivity index (χ3v) is 5.61. The fourth-order valence-electron chi connectivity index (χ4n) is 3.96. The van der Waals surface area contributed by atoms with Gasteiger partial charge in [-0.15, -0.1) is 0 Å². The fourth-order valence-corrected chi connectivity index (χ4v) is 3.96. The molecule has 0 saturated heterocycles. The fraction of sp³-hybridized carbons (Fsp3) is 0.318. The van der Waals surface area contributed by atoms with Crippen LogP contribution in [-0.2, 0) is 17.8 Å². The zero-order valence-corrected chi connectivity index (χ0v) is 16.0. The number of nitrogens with zero attached hydrogens (tertiary/aromatic N) is 3. The predicted octanol–water partition coefficient (Wildman–Crippen LogP) is 3.38. The first-order chi connectivity index (χ1) is 13.5. The molecule has 144 valence electrons. The largest absolute Gasteiger partial charge is 0.337 e. The van der Waals surface area contributed by atoms with Crippen molar-refractivity contribution in [1.29, 1.82) is 0 Å². The maximum atomic E-state index is 13.7. The summed E-state index contributed by atoms with van der Waals surface area (Å²) in [6, 6.07) is 11.0.